The zero-order chi connectivity index (χ0) is 14.3. The predicted octanol–water partition coefficient (Wildman–Crippen LogP) is 3.06. The highest BCUT2D eigenvalue weighted by Gasteiger charge is 2.13. The van der Waals surface area contributed by atoms with Crippen molar-refractivity contribution in [1.29, 1.82) is 0 Å². The van der Waals surface area contributed by atoms with Gasteiger partial charge in [0, 0.05) is 17.7 Å². The molecule has 3 rings (SSSR count). The van der Waals surface area contributed by atoms with E-state index in [0.717, 1.165) is 11.1 Å². The molecular weight excluding hydrogens is 278 g/mol. The quantitative estimate of drug-likeness (QED) is 0.736. The Kier molecular flexibility index (Phi) is 2.91. The van der Waals surface area contributed by atoms with Crippen molar-refractivity contribution in [2.75, 3.05) is 0 Å². The minimum absolute atomic E-state index is 0.0984. The smallest absolute Gasteiger partial charge is 0.354 e. The van der Waals surface area contributed by atoms with Crippen LogP contribution in [0.25, 0.3) is 16.9 Å². The molecule has 0 aliphatic rings. The van der Waals surface area contributed by atoms with Crippen molar-refractivity contribution < 1.29 is 9.90 Å². The number of carboxylic acid groups (broad SMARTS) is 1. The molecule has 100 valence electrons. The van der Waals surface area contributed by atoms with Crippen LogP contribution in [0.5, 0.6) is 0 Å². The number of aromatic carboxylic acids is 1. The molecule has 0 atom stereocenters. The lowest BCUT2D eigenvalue weighted by molar-refractivity contribution is 0.0690. The van der Waals surface area contributed by atoms with Crippen molar-refractivity contribution >= 4 is 23.2 Å². The molecule has 20 heavy (non-hydrogen) atoms. The molecule has 5 nitrogen and oxygen atoms in total. The van der Waals surface area contributed by atoms with Gasteiger partial charge in [0.05, 0.1) is 5.69 Å². The summed E-state index contributed by atoms with van der Waals surface area (Å²) in [4.78, 5) is 15.0. The first-order chi connectivity index (χ1) is 9.56. The lowest BCUT2D eigenvalue weighted by Crippen LogP contribution is -2.03. The Balaban J connectivity index is 2.23. The molecule has 2 aromatic heterocycles. The molecule has 3 aromatic rings. The maximum Gasteiger partial charge on any atom is 0.354 e. The SMILES string of the molecule is Cc1ccccc1-c1cc2nc(C(=O)O)cc(Cl)n2n1. The molecule has 0 amide bonds. The molecule has 1 N–H and O–H groups in total. The maximum absolute atomic E-state index is 11.0. The Morgan fingerprint density at radius 1 is 1.30 bits per heavy atom. The van der Waals surface area contributed by atoms with Crippen LogP contribution in [0, 0.1) is 6.92 Å². The minimum Gasteiger partial charge on any atom is -0.477 e. The third-order valence-electron chi connectivity index (χ3n) is 3.02. The van der Waals surface area contributed by atoms with Crippen LogP contribution in [0.1, 0.15) is 16.1 Å². The Morgan fingerprint density at radius 2 is 2.05 bits per heavy atom. The highest BCUT2D eigenvalue weighted by atomic mass is 35.5. The molecule has 1 aromatic carbocycles. The van der Waals surface area contributed by atoms with Crippen LogP contribution >= 0.6 is 11.6 Å². The van der Waals surface area contributed by atoms with Crippen molar-refractivity contribution in [2.45, 2.75) is 6.92 Å². The largest absolute Gasteiger partial charge is 0.477 e. The summed E-state index contributed by atoms with van der Waals surface area (Å²) in [6.45, 7) is 1.98. The number of aryl methyl sites for hydroxylation is 1. The van der Waals surface area contributed by atoms with E-state index in [0.29, 0.717) is 11.3 Å². The molecular formula is C14H10ClN3O2. The first-order valence-corrected chi connectivity index (χ1v) is 6.29. The lowest BCUT2D eigenvalue weighted by Gasteiger charge is -2.00. The molecule has 6 heteroatoms. The second kappa shape index (κ2) is 4.61. The van der Waals surface area contributed by atoms with Crippen molar-refractivity contribution in [3.63, 3.8) is 0 Å². The zero-order valence-corrected chi connectivity index (χ0v) is 11.3. The number of aromatic nitrogens is 3. The predicted molar refractivity (Wildman–Crippen MR) is 75.1 cm³/mol. The van der Waals surface area contributed by atoms with Gasteiger partial charge >= 0.3 is 5.97 Å². The summed E-state index contributed by atoms with van der Waals surface area (Å²) in [6, 6.07) is 10.8. The van der Waals surface area contributed by atoms with E-state index >= 15 is 0 Å². The van der Waals surface area contributed by atoms with Gasteiger partial charge in [0.2, 0.25) is 0 Å². The third kappa shape index (κ3) is 2.02. The molecule has 0 bridgehead atoms. The van der Waals surface area contributed by atoms with Gasteiger partial charge in [0.25, 0.3) is 0 Å². The average molecular weight is 288 g/mol. The molecule has 2 heterocycles. The summed E-state index contributed by atoms with van der Waals surface area (Å²) in [7, 11) is 0. The third-order valence-corrected chi connectivity index (χ3v) is 3.29. The Bertz CT molecular complexity index is 826. The van der Waals surface area contributed by atoms with Crippen molar-refractivity contribution in [2.24, 2.45) is 0 Å². The minimum atomic E-state index is -1.12. The number of fused-ring (bicyclic) bond motifs is 1. The number of nitrogens with zero attached hydrogens (tertiary/aromatic N) is 3. The lowest BCUT2D eigenvalue weighted by atomic mass is 10.1. The fourth-order valence-corrected chi connectivity index (χ4v) is 2.27. The number of hydrogen-bond acceptors (Lipinski definition) is 3. The summed E-state index contributed by atoms with van der Waals surface area (Å²) in [5.74, 6) is -1.12. The molecule has 0 spiro atoms. The van der Waals surface area contributed by atoms with Crippen LogP contribution in [0.15, 0.2) is 36.4 Å². The first kappa shape index (κ1) is 12.6. The summed E-state index contributed by atoms with van der Waals surface area (Å²) in [5.41, 5.74) is 3.06. The molecule has 0 aliphatic heterocycles. The summed E-state index contributed by atoms with van der Waals surface area (Å²) >= 11 is 6.04. The van der Waals surface area contributed by atoms with Crippen LogP contribution in [0.2, 0.25) is 5.15 Å². The van der Waals surface area contributed by atoms with Gasteiger partial charge in [-0.15, -0.1) is 0 Å². The number of hydrogen-bond donors (Lipinski definition) is 1. The highest BCUT2D eigenvalue weighted by Crippen LogP contribution is 2.24. The van der Waals surface area contributed by atoms with Gasteiger partial charge < -0.3 is 5.11 Å². The second-order valence-corrected chi connectivity index (χ2v) is 4.77. The topological polar surface area (TPSA) is 67.5 Å². The fourth-order valence-electron chi connectivity index (χ4n) is 2.04. The van der Waals surface area contributed by atoms with Crippen LogP contribution in [-0.4, -0.2) is 25.7 Å². The van der Waals surface area contributed by atoms with Gasteiger partial charge in [-0.2, -0.15) is 5.10 Å². The first-order valence-electron chi connectivity index (χ1n) is 5.92. The summed E-state index contributed by atoms with van der Waals surface area (Å²) in [6.07, 6.45) is 0. The van der Waals surface area contributed by atoms with Crippen molar-refractivity contribution in [1.82, 2.24) is 14.6 Å². The summed E-state index contributed by atoms with van der Waals surface area (Å²) < 4.78 is 1.43. The average Bonchev–Trinajstić information content (AvgIpc) is 2.83. The van der Waals surface area contributed by atoms with E-state index in [9.17, 15) is 4.79 Å². The monoisotopic (exact) mass is 287 g/mol. The second-order valence-electron chi connectivity index (χ2n) is 4.38. The number of halogens is 1. The number of carbonyl (C=O) groups is 1. The van der Waals surface area contributed by atoms with E-state index in [2.05, 4.69) is 10.1 Å². The van der Waals surface area contributed by atoms with E-state index < -0.39 is 5.97 Å². The van der Waals surface area contributed by atoms with Crippen LogP contribution in [0.3, 0.4) is 0 Å². The van der Waals surface area contributed by atoms with E-state index in [-0.39, 0.29) is 10.8 Å². The van der Waals surface area contributed by atoms with E-state index in [1.807, 2.05) is 31.2 Å². The van der Waals surface area contributed by atoms with Gasteiger partial charge in [-0.3, -0.25) is 0 Å². The van der Waals surface area contributed by atoms with Crippen molar-refractivity contribution in [3.8, 4) is 11.3 Å². The number of carboxylic acids is 1. The van der Waals surface area contributed by atoms with E-state index in [1.54, 1.807) is 6.07 Å². The Labute approximate surface area is 119 Å². The number of benzene rings is 1. The van der Waals surface area contributed by atoms with Gasteiger partial charge in [-0.05, 0) is 12.5 Å². The maximum atomic E-state index is 11.0. The van der Waals surface area contributed by atoms with Gasteiger partial charge in [0.15, 0.2) is 11.3 Å². The summed E-state index contributed by atoms with van der Waals surface area (Å²) in [5, 5.41) is 13.6. The Hall–Kier alpha value is -2.40. The van der Waals surface area contributed by atoms with Crippen molar-refractivity contribution in [3.05, 3.63) is 52.8 Å². The molecule has 0 radical (unpaired) electrons. The zero-order valence-electron chi connectivity index (χ0n) is 10.5. The Morgan fingerprint density at radius 3 is 2.75 bits per heavy atom. The normalized spacial score (nSPS) is 10.9. The van der Waals surface area contributed by atoms with Gasteiger partial charge in [-0.25, -0.2) is 14.3 Å². The van der Waals surface area contributed by atoms with Crippen LogP contribution in [0.4, 0.5) is 0 Å². The molecule has 0 fully saturated rings. The van der Waals surface area contributed by atoms with Crippen LogP contribution < -0.4 is 0 Å². The number of rotatable bonds is 2. The molecule has 0 saturated carbocycles. The molecule has 0 aliphatic carbocycles. The standard InChI is InChI=1S/C14H10ClN3O2/c1-8-4-2-3-5-9(8)10-7-13-16-11(14(19)20)6-12(15)18(13)17-10/h2-7H,1H3,(H,19,20). The van der Waals surface area contributed by atoms with E-state index in [4.69, 9.17) is 16.7 Å². The van der Waals surface area contributed by atoms with Crippen LogP contribution in [-0.2, 0) is 0 Å². The van der Waals surface area contributed by atoms with Gasteiger partial charge in [0.1, 0.15) is 5.15 Å². The molecule has 0 unspecified atom stereocenters. The molecule has 0 saturated heterocycles. The highest BCUT2D eigenvalue weighted by molar-refractivity contribution is 6.30. The fraction of sp³-hybridized carbons (Fsp3) is 0.0714. The van der Waals surface area contributed by atoms with Gasteiger partial charge in [-0.1, -0.05) is 35.9 Å². The van der Waals surface area contributed by atoms with E-state index in [1.165, 1.54) is 10.6 Å².